The van der Waals surface area contributed by atoms with E-state index in [2.05, 4.69) is 26.3 Å². The van der Waals surface area contributed by atoms with Crippen LogP contribution < -0.4 is 11.3 Å². The van der Waals surface area contributed by atoms with Crippen molar-refractivity contribution in [2.45, 2.75) is 12.5 Å². The van der Waals surface area contributed by atoms with Crippen LogP contribution in [0.3, 0.4) is 0 Å². The average Bonchev–Trinajstić information content (AvgIpc) is 2.38. The van der Waals surface area contributed by atoms with Gasteiger partial charge in [-0.15, -0.1) is 0 Å². The molecule has 1 unspecified atom stereocenters. The molecular weight excluding hydrogens is 297 g/mol. The Morgan fingerprint density at radius 2 is 2.00 bits per heavy atom. The molecule has 2 aromatic rings. The first kappa shape index (κ1) is 13.1. The highest BCUT2D eigenvalue weighted by molar-refractivity contribution is 9.10. The molecule has 5 heteroatoms. The zero-order chi connectivity index (χ0) is 13.0. The number of hydrazine groups is 1. The first-order valence-corrected chi connectivity index (χ1v) is 6.30. The van der Waals surface area contributed by atoms with Crippen LogP contribution >= 0.6 is 15.9 Å². The van der Waals surface area contributed by atoms with E-state index in [-0.39, 0.29) is 11.9 Å². The van der Waals surface area contributed by atoms with Gasteiger partial charge in [-0.1, -0.05) is 22.0 Å². The lowest BCUT2D eigenvalue weighted by Crippen LogP contribution is -2.30. The molecule has 0 radical (unpaired) electrons. The largest absolute Gasteiger partial charge is 0.271 e. The van der Waals surface area contributed by atoms with Crippen molar-refractivity contribution < 1.29 is 4.39 Å². The van der Waals surface area contributed by atoms with Crippen LogP contribution in [0.1, 0.15) is 17.2 Å². The molecule has 0 aliphatic carbocycles. The maximum atomic E-state index is 13.9. The summed E-state index contributed by atoms with van der Waals surface area (Å²) < 4.78 is 14.6. The number of benzene rings is 1. The Balaban J connectivity index is 2.23. The van der Waals surface area contributed by atoms with Crippen molar-refractivity contribution in [3.05, 3.63) is 64.1 Å². The van der Waals surface area contributed by atoms with Crippen LogP contribution in [0.15, 0.2) is 47.2 Å². The molecule has 0 saturated carbocycles. The van der Waals surface area contributed by atoms with Gasteiger partial charge in [0.15, 0.2) is 0 Å². The summed E-state index contributed by atoms with van der Waals surface area (Å²) in [4.78, 5) is 3.95. The molecule has 1 aromatic heterocycles. The predicted octanol–water partition coefficient (Wildman–Crippen LogP) is 2.73. The fourth-order valence-corrected chi connectivity index (χ4v) is 2.13. The number of halogens is 2. The van der Waals surface area contributed by atoms with Crippen molar-refractivity contribution in [1.29, 1.82) is 0 Å². The first-order valence-electron chi connectivity index (χ1n) is 5.50. The minimum absolute atomic E-state index is 0.263. The summed E-state index contributed by atoms with van der Waals surface area (Å²) in [5.74, 6) is 5.24. The molecule has 0 fully saturated rings. The number of rotatable bonds is 4. The monoisotopic (exact) mass is 309 g/mol. The molecule has 0 bridgehead atoms. The average molecular weight is 310 g/mol. The van der Waals surface area contributed by atoms with Gasteiger partial charge in [-0.05, 0) is 36.2 Å². The van der Waals surface area contributed by atoms with E-state index in [1.54, 1.807) is 24.5 Å². The van der Waals surface area contributed by atoms with Gasteiger partial charge in [-0.2, -0.15) is 0 Å². The summed E-state index contributed by atoms with van der Waals surface area (Å²) in [6.07, 6.45) is 4.03. The quantitative estimate of drug-likeness (QED) is 0.674. The van der Waals surface area contributed by atoms with Crippen LogP contribution in [0, 0.1) is 5.82 Å². The summed E-state index contributed by atoms with van der Waals surface area (Å²) in [6, 6.07) is 8.48. The van der Waals surface area contributed by atoms with Gasteiger partial charge in [0, 0.05) is 22.4 Å². The molecule has 0 saturated heterocycles. The zero-order valence-electron chi connectivity index (χ0n) is 9.61. The van der Waals surface area contributed by atoms with Crippen LogP contribution in [0.4, 0.5) is 4.39 Å². The van der Waals surface area contributed by atoms with E-state index < -0.39 is 0 Å². The van der Waals surface area contributed by atoms with Crippen molar-refractivity contribution in [2.24, 2.45) is 5.84 Å². The highest BCUT2D eigenvalue weighted by Gasteiger charge is 2.15. The summed E-state index contributed by atoms with van der Waals surface area (Å²) in [5.41, 5.74) is 4.26. The molecule has 0 amide bonds. The molecule has 0 aliphatic heterocycles. The number of hydrogen-bond donors (Lipinski definition) is 2. The second-order valence-corrected chi connectivity index (χ2v) is 4.86. The van der Waals surface area contributed by atoms with E-state index in [4.69, 9.17) is 5.84 Å². The molecule has 0 aliphatic rings. The standard InChI is InChI=1S/C13H13BrFN3/c14-10-1-2-11(12(15)8-10)13(18-16)7-9-3-5-17-6-4-9/h1-6,8,13,18H,7,16H2. The van der Waals surface area contributed by atoms with E-state index in [1.165, 1.54) is 6.07 Å². The molecule has 2 rings (SSSR count). The Hall–Kier alpha value is -1.30. The second-order valence-electron chi connectivity index (χ2n) is 3.94. The molecule has 18 heavy (non-hydrogen) atoms. The molecule has 3 nitrogen and oxygen atoms in total. The maximum absolute atomic E-state index is 13.9. The Morgan fingerprint density at radius 3 is 2.61 bits per heavy atom. The maximum Gasteiger partial charge on any atom is 0.129 e. The third-order valence-corrected chi connectivity index (χ3v) is 3.22. The number of nitrogens with two attached hydrogens (primary N) is 1. The summed E-state index contributed by atoms with van der Waals surface area (Å²) in [7, 11) is 0. The predicted molar refractivity (Wildman–Crippen MR) is 72.1 cm³/mol. The highest BCUT2D eigenvalue weighted by Crippen LogP contribution is 2.23. The van der Waals surface area contributed by atoms with E-state index in [9.17, 15) is 4.39 Å². The molecular formula is C13H13BrFN3. The van der Waals surface area contributed by atoms with Gasteiger partial charge in [-0.3, -0.25) is 16.3 Å². The summed E-state index contributed by atoms with van der Waals surface area (Å²) in [5, 5.41) is 0. The van der Waals surface area contributed by atoms with Crippen LogP contribution in [0.2, 0.25) is 0 Å². The Bertz CT molecular complexity index is 519. The zero-order valence-corrected chi connectivity index (χ0v) is 11.2. The summed E-state index contributed by atoms with van der Waals surface area (Å²) in [6.45, 7) is 0. The van der Waals surface area contributed by atoms with Gasteiger partial charge in [0.1, 0.15) is 5.82 Å². The van der Waals surface area contributed by atoms with E-state index in [1.807, 2.05) is 12.1 Å². The van der Waals surface area contributed by atoms with Gasteiger partial charge >= 0.3 is 0 Å². The lowest BCUT2D eigenvalue weighted by molar-refractivity contribution is 0.510. The van der Waals surface area contributed by atoms with Crippen molar-refractivity contribution in [3.63, 3.8) is 0 Å². The number of aromatic nitrogens is 1. The highest BCUT2D eigenvalue weighted by atomic mass is 79.9. The Labute approximate surface area is 113 Å². The minimum Gasteiger partial charge on any atom is -0.271 e. The van der Waals surface area contributed by atoms with Crippen LogP contribution in [-0.2, 0) is 6.42 Å². The van der Waals surface area contributed by atoms with Gasteiger partial charge in [0.25, 0.3) is 0 Å². The lowest BCUT2D eigenvalue weighted by Gasteiger charge is -2.17. The molecule has 3 N–H and O–H groups in total. The lowest BCUT2D eigenvalue weighted by atomic mass is 10.00. The molecule has 0 spiro atoms. The van der Waals surface area contributed by atoms with Crippen LogP contribution in [-0.4, -0.2) is 4.98 Å². The van der Waals surface area contributed by atoms with E-state index in [0.29, 0.717) is 16.5 Å². The van der Waals surface area contributed by atoms with Crippen molar-refractivity contribution in [1.82, 2.24) is 10.4 Å². The Kier molecular flexibility index (Phi) is 4.41. The van der Waals surface area contributed by atoms with Crippen molar-refractivity contribution in [2.75, 3.05) is 0 Å². The molecule has 1 atom stereocenters. The number of nitrogens with one attached hydrogen (secondary N) is 1. The number of hydrogen-bond acceptors (Lipinski definition) is 3. The first-order chi connectivity index (χ1) is 8.70. The molecule has 1 heterocycles. The minimum atomic E-state index is -0.276. The molecule has 1 aromatic carbocycles. The Morgan fingerprint density at radius 1 is 1.28 bits per heavy atom. The van der Waals surface area contributed by atoms with Gasteiger partial charge < -0.3 is 0 Å². The van der Waals surface area contributed by atoms with E-state index >= 15 is 0 Å². The topological polar surface area (TPSA) is 50.9 Å². The SMILES string of the molecule is NNC(Cc1ccncc1)c1ccc(Br)cc1F. The third-order valence-electron chi connectivity index (χ3n) is 2.73. The summed E-state index contributed by atoms with van der Waals surface area (Å²) >= 11 is 3.23. The smallest absolute Gasteiger partial charge is 0.129 e. The van der Waals surface area contributed by atoms with Crippen LogP contribution in [0.25, 0.3) is 0 Å². The third kappa shape index (κ3) is 3.13. The second kappa shape index (κ2) is 6.04. The number of nitrogens with zero attached hydrogens (tertiary/aromatic N) is 1. The molecule has 94 valence electrons. The van der Waals surface area contributed by atoms with Gasteiger partial charge in [0.2, 0.25) is 0 Å². The fraction of sp³-hybridized carbons (Fsp3) is 0.154. The normalized spacial score (nSPS) is 12.4. The van der Waals surface area contributed by atoms with E-state index in [0.717, 1.165) is 5.56 Å². The fourth-order valence-electron chi connectivity index (χ4n) is 1.80. The van der Waals surface area contributed by atoms with Gasteiger partial charge in [0.05, 0.1) is 6.04 Å². The van der Waals surface area contributed by atoms with Gasteiger partial charge in [-0.25, -0.2) is 4.39 Å². The number of pyridine rings is 1. The van der Waals surface area contributed by atoms with Crippen LogP contribution in [0.5, 0.6) is 0 Å². The van der Waals surface area contributed by atoms with Crippen molar-refractivity contribution >= 4 is 15.9 Å². The van der Waals surface area contributed by atoms with Crippen molar-refractivity contribution in [3.8, 4) is 0 Å².